The van der Waals surface area contributed by atoms with Crippen LogP contribution < -0.4 is 4.90 Å². The zero-order valence-electron chi connectivity index (χ0n) is 13.6. The van der Waals surface area contributed by atoms with Gasteiger partial charge in [0.15, 0.2) is 5.78 Å². The Hall–Kier alpha value is -2.66. The van der Waals surface area contributed by atoms with Crippen LogP contribution in [0.3, 0.4) is 0 Å². The highest BCUT2D eigenvalue weighted by molar-refractivity contribution is 6.31. The molecule has 0 N–H and O–H groups in total. The van der Waals surface area contributed by atoms with Crippen LogP contribution in [0.25, 0.3) is 0 Å². The van der Waals surface area contributed by atoms with Gasteiger partial charge in [0.25, 0.3) is 0 Å². The number of carbonyl (C=O) groups is 2. The van der Waals surface area contributed by atoms with E-state index in [-0.39, 0.29) is 11.7 Å². The number of allylic oxidation sites excluding steroid dienone is 1. The molecule has 1 aliphatic rings. The second kappa shape index (κ2) is 7.94. The molecule has 0 atom stereocenters. The van der Waals surface area contributed by atoms with Crippen LogP contribution in [0.15, 0.2) is 60.9 Å². The monoisotopic (exact) mass is 355 g/mol. The molecule has 2 aromatic rings. The summed E-state index contributed by atoms with van der Waals surface area (Å²) in [6.45, 7) is 2.72. The lowest BCUT2D eigenvalue weighted by Gasteiger charge is -2.35. The van der Waals surface area contributed by atoms with Crippen LogP contribution in [0, 0.1) is 0 Å². The predicted molar refractivity (Wildman–Crippen MR) is 98.0 cm³/mol. The summed E-state index contributed by atoms with van der Waals surface area (Å²) in [6.07, 6.45) is 6.20. The molecular formula is C19H18ClN3O2. The van der Waals surface area contributed by atoms with E-state index in [4.69, 9.17) is 11.6 Å². The summed E-state index contributed by atoms with van der Waals surface area (Å²) >= 11 is 5.88. The van der Waals surface area contributed by atoms with Gasteiger partial charge in [-0.3, -0.25) is 14.6 Å². The second-order valence-corrected chi connectivity index (χ2v) is 6.17. The van der Waals surface area contributed by atoms with Crippen LogP contribution in [0.2, 0.25) is 5.02 Å². The van der Waals surface area contributed by atoms with Crippen LogP contribution >= 0.6 is 11.6 Å². The molecule has 25 heavy (non-hydrogen) atoms. The summed E-state index contributed by atoms with van der Waals surface area (Å²) in [5.41, 5.74) is 1.53. The molecule has 0 aliphatic carbocycles. The lowest BCUT2D eigenvalue weighted by Crippen LogP contribution is -2.48. The predicted octanol–water partition coefficient (Wildman–Crippen LogP) is 2.82. The summed E-state index contributed by atoms with van der Waals surface area (Å²) in [6, 6.07) is 10.6. The molecule has 3 rings (SSSR count). The third-order valence-electron chi connectivity index (χ3n) is 4.09. The Morgan fingerprint density at radius 3 is 2.52 bits per heavy atom. The number of pyridine rings is 1. The lowest BCUT2D eigenvalue weighted by atomic mass is 10.1. The molecule has 2 heterocycles. The summed E-state index contributed by atoms with van der Waals surface area (Å²) in [7, 11) is 0. The van der Waals surface area contributed by atoms with Gasteiger partial charge in [0.05, 0.1) is 11.9 Å². The summed E-state index contributed by atoms with van der Waals surface area (Å²) in [5.74, 6) is -0.383. The van der Waals surface area contributed by atoms with Crippen molar-refractivity contribution in [2.75, 3.05) is 31.1 Å². The van der Waals surface area contributed by atoms with Gasteiger partial charge in [-0.05, 0) is 30.3 Å². The maximum absolute atomic E-state index is 12.3. The Bertz CT molecular complexity index is 784. The van der Waals surface area contributed by atoms with Crippen molar-refractivity contribution in [1.29, 1.82) is 0 Å². The third-order valence-corrected chi connectivity index (χ3v) is 4.32. The van der Waals surface area contributed by atoms with E-state index in [1.807, 2.05) is 18.3 Å². The molecule has 5 nitrogen and oxygen atoms in total. The molecule has 0 unspecified atom stereocenters. The normalized spacial score (nSPS) is 14.8. The largest absolute Gasteiger partial charge is 0.367 e. The Morgan fingerprint density at radius 2 is 1.84 bits per heavy atom. The van der Waals surface area contributed by atoms with Gasteiger partial charge in [-0.1, -0.05) is 23.7 Å². The molecule has 0 radical (unpaired) electrons. The minimum Gasteiger partial charge on any atom is -0.367 e. The van der Waals surface area contributed by atoms with E-state index in [1.54, 1.807) is 35.4 Å². The molecule has 0 bridgehead atoms. The Kier molecular flexibility index (Phi) is 5.46. The van der Waals surface area contributed by atoms with E-state index in [0.29, 0.717) is 23.7 Å². The van der Waals surface area contributed by atoms with Gasteiger partial charge in [0.1, 0.15) is 0 Å². The number of ketones is 1. The number of hydrogen-bond acceptors (Lipinski definition) is 4. The highest BCUT2D eigenvalue weighted by atomic mass is 35.5. The van der Waals surface area contributed by atoms with Crippen molar-refractivity contribution in [3.63, 3.8) is 0 Å². The number of nitrogens with zero attached hydrogens (tertiary/aromatic N) is 3. The number of halogens is 1. The zero-order chi connectivity index (χ0) is 17.6. The Morgan fingerprint density at radius 1 is 1.04 bits per heavy atom. The standard InChI is InChI=1S/C19H18ClN3O2/c20-16-4-1-3-15(13-16)18(24)6-7-19(25)23-11-9-22(10-12-23)17-5-2-8-21-14-17/h1-8,13-14H,9-12H2/b7-6+. The summed E-state index contributed by atoms with van der Waals surface area (Å²) in [4.78, 5) is 32.4. The fraction of sp³-hybridized carbons (Fsp3) is 0.211. The minimum absolute atomic E-state index is 0.152. The van der Waals surface area contributed by atoms with Crippen molar-refractivity contribution in [1.82, 2.24) is 9.88 Å². The second-order valence-electron chi connectivity index (χ2n) is 5.73. The van der Waals surface area contributed by atoms with Crippen LogP contribution in [-0.2, 0) is 4.79 Å². The van der Waals surface area contributed by atoms with Gasteiger partial charge >= 0.3 is 0 Å². The number of benzene rings is 1. The molecular weight excluding hydrogens is 338 g/mol. The lowest BCUT2D eigenvalue weighted by molar-refractivity contribution is -0.126. The van der Waals surface area contributed by atoms with Crippen molar-refractivity contribution in [2.45, 2.75) is 0 Å². The van der Waals surface area contributed by atoms with Crippen LogP contribution in [-0.4, -0.2) is 47.8 Å². The number of aromatic nitrogens is 1. The van der Waals surface area contributed by atoms with Crippen molar-refractivity contribution in [3.05, 3.63) is 71.5 Å². The molecule has 1 amide bonds. The molecule has 1 saturated heterocycles. The van der Waals surface area contributed by atoms with Crippen molar-refractivity contribution < 1.29 is 9.59 Å². The zero-order valence-corrected chi connectivity index (χ0v) is 14.4. The van der Waals surface area contributed by atoms with E-state index >= 15 is 0 Å². The smallest absolute Gasteiger partial charge is 0.246 e. The number of piperazine rings is 1. The van der Waals surface area contributed by atoms with Crippen LogP contribution in [0.1, 0.15) is 10.4 Å². The highest BCUT2D eigenvalue weighted by Crippen LogP contribution is 2.15. The minimum atomic E-state index is -0.232. The van der Waals surface area contributed by atoms with Crippen molar-refractivity contribution >= 4 is 29.0 Å². The van der Waals surface area contributed by atoms with E-state index in [2.05, 4.69) is 9.88 Å². The number of hydrogen-bond donors (Lipinski definition) is 0. The van der Waals surface area contributed by atoms with Gasteiger partial charge in [0, 0.05) is 49.0 Å². The maximum atomic E-state index is 12.3. The van der Waals surface area contributed by atoms with E-state index in [9.17, 15) is 9.59 Å². The van der Waals surface area contributed by atoms with E-state index in [1.165, 1.54) is 12.2 Å². The SMILES string of the molecule is O=C(/C=C/C(=O)N1CCN(c2cccnc2)CC1)c1cccc(Cl)c1. The summed E-state index contributed by atoms with van der Waals surface area (Å²) < 4.78 is 0. The first-order valence-electron chi connectivity index (χ1n) is 8.05. The molecule has 1 aromatic carbocycles. The molecule has 1 aromatic heterocycles. The third kappa shape index (κ3) is 4.45. The fourth-order valence-electron chi connectivity index (χ4n) is 2.72. The number of rotatable bonds is 4. The van der Waals surface area contributed by atoms with Crippen molar-refractivity contribution in [2.24, 2.45) is 0 Å². The first kappa shape index (κ1) is 17.2. The maximum Gasteiger partial charge on any atom is 0.246 e. The average molecular weight is 356 g/mol. The van der Waals surface area contributed by atoms with Gasteiger partial charge in [-0.25, -0.2) is 0 Å². The first-order valence-corrected chi connectivity index (χ1v) is 8.43. The molecule has 128 valence electrons. The van der Waals surface area contributed by atoms with E-state index < -0.39 is 0 Å². The van der Waals surface area contributed by atoms with Crippen LogP contribution in [0.5, 0.6) is 0 Å². The molecule has 0 spiro atoms. The fourth-order valence-corrected chi connectivity index (χ4v) is 2.91. The number of carbonyl (C=O) groups excluding carboxylic acids is 2. The molecule has 1 aliphatic heterocycles. The van der Waals surface area contributed by atoms with Gasteiger partial charge < -0.3 is 9.80 Å². The molecule has 1 fully saturated rings. The summed E-state index contributed by atoms with van der Waals surface area (Å²) in [5, 5.41) is 0.497. The van der Waals surface area contributed by atoms with Gasteiger partial charge in [-0.15, -0.1) is 0 Å². The van der Waals surface area contributed by atoms with Crippen molar-refractivity contribution in [3.8, 4) is 0 Å². The van der Waals surface area contributed by atoms with Crippen LogP contribution in [0.4, 0.5) is 5.69 Å². The Balaban J connectivity index is 1.55. The molecule has 0 saturated carbocycles. The number of anilines is 1. The average Bonchev–Trinajstić information content (AvgIpc) is 2.66. The van der Waals surface area contributed by atoms with E-state index in [0.717, 1.165) is 18.8 Å². The van der Waals surface area contributed by atoms with Gasteiger partial charge in [-0.2, -0.15) is 0 Å². The van der Waals surface area contributed by atoms with Gasteiger partial charge in [0.2, 0.25) is 5.91 Å². The first-order chi connectivity index (χ1) is 12.1. The Labute approximate surface area is 151 Å². The highest BCUT2D eigenvalue weighted by Gasteiger charge is 2.20. The topological polar surface area (TPSA) is 53.5 Å². The quantitative estimate of drug-likeness (QED) is 0.625. The molecule has 6 heteroatoms. The number of amides is 1.